The highest BCUT2D eigenvalue weighted by Gasteiger charge is 2.29. The molecule has 126 valence electrons. The Morgan fingerprint density at radius 2 is 2.26 bits per heavy atom. The zero-order chi connectivity index (χ0) is 16.4. The van der Waals surface area contributed by atoms with Gasteiger partial charge in [-0.05, 0) is 31.2 Å². The molecule has 5 nitrogen and oxygen atoms in total. The van der Waals surface area contributed by atoms with E-state index in [0.717, 1.165) is 24.8 Å². The molecule has 0 aliphatic carbocycles. The van der Waals surface area contributed by atoms with Crippen LogP contribution in [0.4, 0.5) is 9.18 Å². The summed E-state index contributed by atoms with van der Waals surface area (Å²) in [6, 6.07) is 4.05. The minimum Gasteiger partial charge on any atom is -0.493 e. The number of ether oxygens (including phenoxy) is 1. The normalized spacial score (nSPS) is 27.6. The highest BCUT2D eigenvalue weighted by Crippen LogP contribution is 2.32. The fourth-order valence-electron chi connectivity index (χ4n) is 3.17. The average Bonchev–Trinajstić information content (AvgIpc) is 2.72. The van der Waals surface area contributed by atoms with Crippen molar-refractivity contribution in [2.45, 2.75) is 38.3 Å². The lowest BCUT2D eigenvalue weighted by molar-refractivity contribution is 0.0429. The van der Waals surface area contributed by atoms with Crippen molar-refractivity contribution in [1.82, 2.24) is 10.2 Å². The van der Waals surface area contributed by atoms with Gasteiger partial charge in [-0.2, -0.15) is 0 Å². The van der Waals surface area contributed by atoms with Crippen molar-refractivity contribution in [2.75, 3.05) is 19.7 Å². The number of nitrogens with one attached hydrogen (secondary N) is 1. The Labute approximate surface area is 135 Å². The van der Waals surface area contributed by atoms with Crippen LogP contribution >= 0.6 is 0 Å². The first-order valence-corrected chi connectivity index (χ1v) is 8.20. The molecular weight excluding hydrogens is 299 g/mol. The number of aliphatic hydroxyl groups excluding tert-OH is 1. The number of carbonyl (C=O) groups is 1. The highest BCUT2D eigenvalue weighted by atomic mass is 19.1. The number of carbonyl (C=O) groups excluding carboxylic acids is 1. The highest BCUT2D eigenvalue weighted by molar-refractivity contribution is 5.75. The van der Waals surface area contributed by atoms with Gasteiger partial charge in [0.1, 0.15) is 11.6 Å². The third-order valence-electron chi connectivity index (χ3n) is 4.75. The van der Waals surface area contributed by atoms with E-state index < -0.39 is 6.10 Å². The fraction of sp³-hybridized carbons (Fsp3) is 0.588. The maximum atomic E-state index is 13.4. The maximum Gasteiger partial charge on any atom is 0.317 e. The second-order valence-electron chi connectivity index (χ2n) is 6.45. The molecule has 0 bridgehead atoms. The van der Waals surface area contributed by atoms with Gasteiger partial charge < -0.3 is 20.1 Å². The zero-order valence-corrected chi connectivity index (χ0v) is 13.3. The van der Waals surface area contributed by atoms with Crippen molar-refractivity contribution in [1.29, 1.82) is 0 Å². The number of rotatable bonds is 1. The van der Waals surface area contributed by atoms with Crippen LogP contribution < -0.4 is 10.1 Å². The van der Waals surface area contributed by atoms with E-state index in [4.69, 9.17) is 4.74 Å². The number of likely N-dealkylation sites (tertiary alicyclic amines) is 1. The van der Waals surface area contributed by atoms with E-state index in [2.05, 4.69) is 5.32 Å². The van der Waals surface area contributed by atoms with Gasteiger partial charge in [0, 0.05) is 24.7 Å². The molecule has 2 heterocycles. The third-order valence-corrected chi connectivity index (χ3v) is 4.75. The summed E-state index contributed by atoms with van der Waals surface area (Å²) in [6.45, 7) is 3.51. The first kappa shape index (κ1) is 16.1. The lowest BCUT2D eigenvalue weighted by Crippen LogP contribution is -2.50. The number of nitrogens with zero attached hydrogens (tertiary/aromatic N) is 1. The smallest absolute Gasteiger partial charge is 0.317 e. The molecular formula is C17H23FN2O3. The predicted octanol–water partition coefficient (Wildman–Crippen LogP) is 2.45. The molecule has 1 aromatic carbocycles. The molecule has 2 amide bonds. The molecule has 3 unspecified atom stereocenters. The summed E-state index contributed by atoms with van der Waals surface area (Å²) >= 11 is 0. The molecule has 0 radical (unpaired) electrons. The minimum atomic E-state index is -0.478. The second kappa shape index (κ2) is 6.74. The van der Waals surface area contributed by atoms with Crippen LogP contribution in [0.5, 0.6) is 5.75 Å². The molecule has 0 saturated carbocycles. The van der Waals surface area contributed by atoms with E-state index in [0.29, 0.717) is 25.4 Å². The minimum absolute atomic E-state index is 0.182. The summed E-state index contributed by atoms with van der Waals surface area (Å²) < 4.78 is 19.0. The van der Waals surface area contributed by atoms with Crippen LogP contribution in [0.25, 0.3) is 0 Å². The predicted molar refractivity (Wildman–Crippen MR) is 83.8 cm³/mol. The molecule has 23 heavy (non-hydrogen) atoms. The van der Waals surface area contributed by atoms with Crippen LogP contribution in [0.15, 0.2) is 18.2 Å². The number of fused-ring (bicyclic) bond motifs is 1. The number of halogens is 1. The molecule has 0 aromatic heterocycles. The van der Waals surface area contributed by atoms with Gasteiger partial charge in [0.2, 0.25) is 0 Å². The Bertz CT molecular complexity index is 581. The Morgan fingerprint density at radius 1 is 1.43 bits per heavy atom. The van der Waals surface area contributed by atoms with Crippen molar-refractivity contribution in [3.63, 3.8) is 0 Å². The zero-order valence-electron chi connectivity index (χ0n) is 13.3. The van der Waals surface area contributed by atoms with Crippen molar-refractivity contribution in [2.24, 2.45) is 5.92 Å². The lowest BCUT2D eigenvalue weighted by Gasteiger charge is -2.35. The van der Waals surface area contributed by atoms with Gasteiger partial charge in [0.05, 0.1) is 18.8 Å². The maximum absolute atomic E-state index is 13.4. The summed E-state index contributed by atoms with van der Waals surface area (Å²) in [6.07, 6.45) is 1.86. The fourth-order valence-corrected chi connectivity index (χ4v) is 3.17. The van der Waals surface area contributed by atoms with E-state index in [-0.39, 0.29) is 23.8 Å². The van der Waals surface area contributed by atoms with E-state index in [9.17, 15) is 14.3 Å². The van der Waals surface area contributed by atoms with Crippen LogP contribution in [-0.4, -0.2) is 41.8 Å². The molecule has 1 aromatic rings. The van der Waals surface area contributed by atoms with Gasteiger partial charge in [0.15, 0.2) is 0 Å². The molecule has 3 rings (SSSR count). The summed E-state index contributed by atoms with van der Waals surface area (Å²) in [5, 5.41) is 13.0. The number of hydrogen-bond acceptors (Lipinski definition) is 3. The van der Waals surface area contributed by atoms with Gasteiger partial charge in [-0.25, -0.2) is 9.18 Å². The van der Waals surface area contributed by atoms with Crippen molar-refractivity contribution >= 4 is 6.03 Å². The van der Waals surface area contributed by atoms with E-state index in [1.807, 2.05) is 6.92 Å². The summed E-state index contributed by atoms with van der Waals surface area (Å²) in [7, 11) is 0. The SMILES string of the molecule is CC1CCN(C(=O)NC2CCCOc3cc(F)ccc32)CC1O. The van der Waals surface area contributed by atoms with E-state index >= 15 is 0 Å². The van der Waals surface area contributed by atoms with Crippen LogP contribution in [0.1, 0.15) is 37.8 Å². The van der Waals surface area contributed by atoms with Crippen LogP contribution in [-0.2, 0) is 0 Å². The summed E-state index contributed by atoms with van der Waals surface area (Å²) in [5.41, 5.74) is 0.808. The molecule has 3 atom stereocenters. The first-order chi connectivity index (χ1) is 11.0. The Balaban J connectivity index is 1.71. The van der Waals surface area contributed by atoms with Gasteiger partial charge >= 0.3 is 6.03 Å². The van der Waals surface area contributed by atoms with Crippen molar-refractivity contribution in [3.05, 3.63) is 29.6 Å². The number of amides is 2. The standard InChI is InChI=1S/C17H23FN2O3/c1-11-6-7-20(10-15(11)21)17(22)19-14-3-2-8-23-16-9-12(18)4-5-13(14)16/h4-5,9,11,14-15,21H,2-3,6-8,10H2,1H3,(H,19,22). The summed E-state index contributed by atoms with van der Waals surface area (Å²) in [4.78, 5) is 14.1. The number of hydrogen-bond donors (Lipinski definition) is 2. The van der Waals surface area contributed by atoms with Gasteiger partial charge in [-0.15, -0.1) is 0 Å². The average molecular weight is 322 g/mol. The molecule has 2 aliphatic rings. The number of β-amino-alcohol motifs (C(OH)–C–C–N with tert-alkyl or cyclic N) is 1. The largest absolute Gasteiger partial charge is 0.493 e. The molecule has 0 spiro atoms. The number of urea groups is 1. The second-order valence-corrected chi connectivity index (χ2v) is 6.45. The molecule has 2 aliphatic heterocycles. The summed E-state index contributed by atoms with van der Waals surface area (Å²) in [5.74, 6) is 0.373. The first-order valence-electron chi connectivity index (χ1n) is 8.20. The Morgan fingerprint density at radius 3 is 3.04 bits per heavy atom. The van der Waals surface area contributed by atoms with Crippen LogP contribution in [0.3, 0.4) is 0 Å². The van der Waals surface area contributed by atoms with Gasteiger partial charge in [-0.1, -0.05) is 13.0 Å². The van der Waals surface area contributed by atoms with Crippen LogP contribution in [0, 0.1) is 11.7 Å². The molecule has 6 heteroatoms. The molecule has 1 saturated heterocycles. The number of piperidine rings is 1. The van der Waals surface area contributed by atoms with E-state index in [1.54, 1.807) is 11.0 Å². The third kappa shape index (κ3) is 3.58. The molecule has 1 fully saturated rings. The topological polar surface area (TPSA) is 61.8 Å². The van der Waals surface area contributed by atoms with Crippen LogP contribution in [0.2, 0.25) is 0 Å². The van der Waals surface area contributed by atoms with Crippen molar-refractivity contribution in [3.8, 4) is 5.75 Å². The Kier molecular flexibility index (Phi) is 4.71. The quantitative estimate of drug-likeness (QED) is 0.835. The Hall–Kier alpha value is -1.82. The number of aliphatic hydroxyl groups is 1. The monoisotopic (exact) mass is 322 g/mol. The van der Waals surface area contributed by atoms with E-state index in [1.165, 1.54) is 12.1 Å². The number of benzene rings is 1. The molecule has 2 N–H and O–H groups in total. The lowest BCUT2D eigenvalue weighted by atomic mass is 9.96. The van der Waals surface area contributed by atoms with Crippen molar-refractivity contribution < 1.29 is 19.0 Å². The van der Waals surface area contributed by atoms with Gasteiger partial charge in [0.25, 0.3) is 0 Å². The van der Waals surface area contributed by atoms with Gasteiger partial charge in [-0.3, -0.25) is 0 Å².